The fourth-order valence-corrected chi connectivity index (χ4v) is 3.49. The number of carbonyl (C=O) groups excluding carboxylic acids is 1. The molecule has 4 rings (SSSR count). The van der Waals surface area contributed by atoms with Crippen LogP contribution in [0.5, 0.6) is 0 Å². The van der Waals surface area contributed by atoms with Crippen molar-refractivity contribution in [1.29, 1.82) is 0 Å². The highest BCUT2D eigenvalue weighted by Gasteiger charge is 2.44. The van der Waals surface area contributed by atoms with Crippen LogP contribution in [0.2, 0.25) is 5.28 Å². The molecule has 1 atom stereocenters. The summed E-state index contributed by atoms with van der Waals surface area (Å²) in [6.07, 6.45) is 3.80. The maximum absolute atomic E-state index is 12.5. The highest BCUT2D eigenvalue weighted by molar-refractivity contribution is 6.28. The molecule has 1 fully saturated rings. The lowest BCUT2D eigenvalue weighted by Crippen LogP contribution is -2.52. The predicted molar refractivity (Wildman–Crippen MR) is 68.1 cm³/mol. The molecular formula is C12H13ClN4O. The minimum absolute atomic E-state index is 0.0329. The molecule has 1 aromatic heterocycles. The van der Waals surface area contributed by atoms with Gasteiger partial charge in [0, 0.05) is 13.1 Å². The molecule has 0 aliphatic carbocycles. The second-order valence-corrected chi connectivity index (χ2v) is 5.39. The van der Waals surface area contributed by atoms with Crippen molar-refractivity contribution in [3.05, 3.63) is 11.0 Å². The lowest BCUT2D eigenvalue weighted by molar-refractivity contribution is -0.120. The molecular weight excluding hydrogens is 252 g/mol. The van der Waals surface area contributed by atoms with Crippen LogP contribution < -0.4 is 9.80 Å². The Bertz CT molecular complexity index is 547. The van der Waals surface area contributed by atoms with Crippen LogP contribution in [0.25, 0.3) is 0 Å². The predicted octanol–water partition coefficient (Wildman–Crippen LogP) is 1.39. The fourth-order valence-electron chi connectivity index (χ4n) is 3.30. The topological polar surface area (TPSA) is 49.3 Å². The summed E-state index contributed by atoms with van der Waals surface area (Å²) in [6, 6.07) is -0.0329. The van der Waals surface area contributed by atoms with Gasteiger partial charge in [0.25, 0.3) is 0 Å². The summed E-state index contributed by atoms with van der Waals surface area (Å²) in [4.78, 5) is 25.1. The number of carbonyl (C=O) groups is 1. The van der Waals surface area contributed by atoms with Crippen molar-refractivity contribution in [2.24, 2.45) is 0 Å². The zero-order valence-corrected chi connectivity index (χ0v) is 10.7. The normalized spacial score (nSPS) is 25.2. The smallest absolute Gasteiger partial charge is 0.249 e. The summed E-state index contributed by atoms with van der Waals surface area (Å²) in [5.74, 6) is 1.08. The fraction of sp³-hybridized carbons (Fsp3) is 0.583. The first-order valence-electron chi connectivity index (χ1n) is 6.40. The van der Waals surface area contributed by atoms with Gasteiger partial charge in [-0.15, -0.1) is 0 Å². The minimum atomic E-state index is -0.0329. The van der Waals surface area contributed by atoms with Gasteiger partial charge >= 0.3 is 0 Å². The number of hydrogen-bond donors (Lipinski definition) is 0. The molecule has 0 saturated carbocycles. The number of rotatable bonds is 0. The summed E-state index contributed by atoms with van der Waals surface area (Å²) >= 11 is 6.01. The van der Waals surface area contributed by atoms with E-state index >= 15 is 0 Å². The van der Waals surface area contributed by atoms with Crippen LogP contribution in [0.4, 0.5) is 11.5 Å². The van der Waals surface area contributed by atoms with Crippen LogP contribution in [-0.2, 0) is 11.2 Å². The van der Waals surface area contributed by atoms with Gasteiger partial charge in [0.05, 0.1) is 5.69 Å². The molecule has 6 heteroatoms. The Morgan fingerprint density at radius 1 is 1.22 bits per heavy atom. The van der Waals surface area contributed by atoms with Gasteiger partial charge in [-0.1, -0.05) is 0 Å². The number of halogens is 1. The largest absolute Gasteiger partial charge is 0.343 e. The Labute approximate surface area is 110 Å². The number of fused-ring (bicyclic) bond motifs is 2. The summed E-state index contributed by atoms with van der Waals surface area (Å²) in [7, 11) is 0. The molecule has 0 radical (unpaired) electrons. The third-order valence-corrected chi connectivity index (χ3v) is 4.22. The van der Waals surface area contributed by atoms with E-state index in [0.29, 0.717) is 5.28 Å². The Morgan fingerprint density at radius 3 is 3.00 bits per heavy atom. The van der Waals surface area contributed by atoms with Gasteiger partial charge in [0.15, 0.2) is 5.82 Å². The molecule has 0 aromatic carbocycles. The number of amides is 1. The van der Waals surface area contributed by atoms with Gasteiger partial charge in [-0.05, 0) is 37.3 Å². The molecule has 18 heavy (non-hydrogen) atoms. The Balaban J connectivity index is 1.98. The first-order chi connectivity index (χ1) is 8.75. The average molecular weight is 265 g/mol. The molecule has 1 aromatic rings. The highest BCUT2D eigenvalue weighted by atomic mass is 35.5. The average Bonchev–Trinajstić information content (AvgIpc) is 2.84. The van der Waals surface area contributed by atoms with Crippen LogP contribution in [0.15, 0.2) is 0 Å². The van der Waals surface area contributed by atoms with Crippen molar-refractivity contribution in [3.63, 3.8) is 0 Å². The van der Waals surface area contributed by atoms with E-state index in [2.05, 4.69) is 14.9 Å². The van der Waals surface area contributed by atoms with Gasteiger partial charge in [-0.25, -0.2) is 4.98 Å². The molecule has 5 nitrogen and oxygen atoms in total. The van der Waals surface area contributed by atoms with E-state index < -0.39 is 0 Å². The molecule has 3 aliphatic rings. The quantitative estimate of drug-likeness (QED) is 0.665. The maximum atomic E-state index is 12.5. The number of hydrogen-bond acceptors (Lipinski definition) is 4. The minimum Gasteiger partial charge on any atom is -0.343 e. The Hall–Kier alpha value is -1.36. The Kier molecular flexibility index (Phi) is 2.09. The third-order valence-electron chi connectivity index (χ3n) is 4.05. The van der Waals surface area contributed by atoms with Crippen molar-refractivity contribution in [3.8, 4) is 0 Å². The number of nitrogens with zero attached hydrogens (tertiary/aromatic N) is 4. The van der Waals surface area contributed by atoms with Gasteiger partial charge < -0.3 is 9.80 Å². The van der Waals surface area contributed by atoms with Crippen molar-refractivity contribution in [2.45, 2.75) is 31.7 Å². The zero-order valence-electron chi connectivity index (χ0n) is 9.90. The first-order valence-corrected chi connectivity index (χ1v) is 6.78. The van der Waals surface area contributed by atoms with Crippen LogP contribution in [0.1, 0.15) is 25.0 Å². The SMILES string of the molecule is O=C1[C@@H]2CCCN2c2nc(Cl)nc3c2N1CCC3. The standard InChI is InChI=1S/C12H13ClN4O/c13-12-14-7-3-1-6-17-9(7)10(15-12)16-5-2-4-8(16)11(17)18/h8H,1-6H2/t8-/m0/s1. The van der Waals surface area contributed by atoms with E-state index in [4.69, 9.17) is 11.6 Å². The summed E-state index contributed by atoms with van der Waals surface area (Å²) in [5, 5.41) is 0.297. The van der Waals surface area contributed by atoms with Gasteiger partial charge in [-0.3, -0.25) is 4.79 Å². The van der Waals surface area contributed by atoms with E-state index in [1.54, 1.807) is 0 Å². The zero-order chi connectivity index (χ0) is 12.3. The van der Waals surface area contributed by atoms with Gasteiger partial charge in [0.1, 0.15) is 11.7 Å². The van der Waals surface area contributed by atoms with E-state index in [1.807, 2.05) is 4.90 Å². The van der Waals surface area contributed by atoms with Crippen molar-refractivity contribution in [2.75, 3.05) is 22.9 Å². The highest BCUT2D eigenvalue weighted by Crippen LogP contribution is 2.42. The molecule has 1 amide bonds. The second-order valence-electron chi connectivity index (χ2n) is 5.06. The molecule has 0 unspecified atom stereocenters. The molecule has 0 bridgehead atoms. The van der Waals surface area contributed by atoms with Gasteiger partial charge in [0.2, 0.25) is 11.2 Å². The molecule has 94 valence electrons. The number of aromatic nitrogens is 2. The number of aryl methyl sites for hydroxylation is 1. The van der Waals surface area contributed by atoms with E-state index in [9.17, 15) is 4.79 Å². The number of anilines is 2. The summed E-state index contributed by atoms with van der Waals surface area (Å²) < 4.78 is 0. The van der Waals surface area contributed by atoms with E-state index in [1.165, 1.54) is 0 Å². The van der Waals surface area contributed by atoms with Crippen molar-refractivity contribution >= 4 is 29.0 Å². The van der Waals surface area contributed by atoms with Crippen LogP contribution in [0.3, 0.4) is 0 Å². The van der Waals surface area contributed by atoms with Crippen LogP contribution in [-0.4, -0.2) is 35.0 Å². The third kappa shape index (κ3) is 1.25. The van der Waals surface area contributed by atoms with Crippen LogP contribution in [0, 0.1) is 0 Å². The van der Waals surface area contributed by atoms with Crippen molar-refractivity contribution < 1.29 is 4.79 Å². The second kappa shape index (κ2) is 3.57. The summed E-state index contributed by atoms with van der Waals surface area (Å²) in [6.45, 7) is 1.68. The van der Waals surface area contributed by atoms with Crippen molar-refractivity contribution in [1.82, 2.24) is 9.97 Å². The molecule has 4 heterocycles. The Morgan fingerprint density at radius 2 is 2.11 bits per heavy atom. The molecule has 3 aliphatic heterocycles. The monoisotopic (exact) mass is 264 g/mol. The molecule has 0 N–H and O–H groups in total. The maximum Gasteiger partial charge on any atom is 0.249 e. The van der Waals surface area contributed by atoms with E-state index in [0.717, 1.165) is 56.0 Å². The first kappa shape index (κ1) is 10.6. The lowest BCUT2D eigenvalue weighted by Gasteiger charge is -2.41. The molecule has 1 saturated heterocycles. The van der Waals surface area contributed by atoms with E-state index in [-0.39, 0.29) is 11.9 Å². The van der Waals surface area contributed by atoms with Gasteiger partial charge in [-0.2, -0.15) is 4.98 Å². The summed E-state index contributed by atoms with van der Waals surface area (Å²) in [5.41, 5.74) is 1.84. The lowest BCUT2D eigenvalue weighted by atomic mass is 10.0. The molecule has 0 spiro atoms. The van der Waals surface area contributed by atoms with Crippen LogP contribution >= 0.6 is 11.6 Å².